The molecule has 6 nitrogen and oxygen atoms in total. The van der Waals surface area contributed by atoms with Gasteiger partial charge in [-0.25, -0.2) is 8.42 Å². The first-order valence-electron chi connectivity index (χ1n) is 7.83. The highest BCUT2D eigenvalue weighted by atomic mass is 35.5. The lowest BCUT2D eigenvalue weighted by Crippen LogP contribution is -2.44. The van der Waals surface area contributed by atoms with Crippen LogP contribution in [0.15, 0.2) is 23.1 Å². The molecule has 0 aromatic heterocycles. The second-order valence-corrected chi connectivity index (χ2v) is 8.67. The van der Waals surface area contributed by atoms with Gasteiger partial charge in [-0.15, -0.1) is 0 Å². The van der Waals surface area contributed by atoms with E-state index in [9.17, 15) is 18.5 Å². The Balaban J connectivity index is 1.87. The van der Waals surface area contributed by atoms with Crippen molar-refractivity contribution in [3.63, 3.8) is 0 Å². The van der Waals surface area contributed by atoms with E-state index in [0.29, 0.717) is 24.9 Å². The van der Waals surface area contributed by atoms with E-state index in [-0.39, 0.29) is 15.6 Å². The maximum Gasteiger partial charge on any atom is 0.289 e. The van der Waals surface area contributed by atoms with E-state index < -0.39 is 14.9 Å². The molecule has 2 fully saturated rings. The summed E-state index contributed by atoms with van der Waals surface area (Å²) >= 11 is 5.77. The summed E-state index contributed by atoms with van der Waals surface area (Å²) in [6.07, 6.45) is 5.51. The van der Waals surface area contributed by atoms with Crippen molar-refractivity contribution in [2.75, 3.05) is 13.1 Å². The van der Waals surface area contributed by atoms with E-state index in [1.807, 2.05) is 0 Å². The van der Waals surface area contributed by atoms with Gasteiger partial charge in [-0.3, -0.25) is 10.1 Å². The molecule has 1 saturated heterocycles. The summed E-state index contributed by atoms with van der Waals surface area (Å²) in [7, 11) is -3.72. The topological polar surface area (TPSA) is 80.5 Å². The van der Waals surface area contributed by atoms with Crippen molar-refractivity contribution in [1.29, 1.82) is 0 Å². The van der Waals surface area contributed by atoms with Gasteiger partial charge >= 0.3 is 0 Å². The molecule has 1 aromatic carbocycles. The van der Waals surface area contributed by atoms with E-state index in [1.165, 1.54) is 29.3 Å². The van der Waals surface area contributed by atoms with E-state index in [4.69, 9.17) is 11.6 Å². The summed E-state index contributed by atoms with van der Waals surface area (Å²) in [6, 6.07) is 3.68. The number of rotatable bonds is 3. The Labute approximate surface area is 140 Å². The van der Waals surface area contributed by atoms with Gasteiger partial charge in [-0.05, 0) is 36.8 Å². The number of fused-ring (bicyclic) bond motifs is 1. The lowest BCUT2D eigenvalue weighted by molar-refractivity contribution is -0.384. The first kappa shape index (κ1) is 16.7. The molecule has 2 atom stereocenters. The first-order valence-corrected chi connectivity index (χ1v) is 9.65. The molecule has 8 heteroatoms. The Morgan fingerprint density at radius 3 is 2.57 bits per heavy atom. The molecule has 1 saturated carbocycles. The summed E-state index contributed by atoms with van der Waals surface area (Å²) in [5, 5.41) is 10.9. The average molecular weight is 359 g/mol. The Morgan fingerprint density at radius 1 is 1.17 bits per heavy atom. The number of nitrogens with zero attached hydrogens (tertiary/aromatic N) is 2. The van der Waals surface area contributed by atoms with E-state index in [1.54, 1.807) is 0 Å². The fourth-order valence-electron chi connectivity index (χ4n) is 3.73. The van der Waals surface area contributed by atoms with Crippen LogP contribution >= 0.6 is 11.6 Å². The highest BCUT2D eigenvalue weighted by Crippen LogP contribution is 2.38. The summed E-state index contributed by atoms with van der Waals surface area (Å²) in [5.74, 6) is 1.03. The quantitative estimate of drug-likeness (QED) is 0.612. The van der Waals surface area contributed by atoms with Gasteiger partial charge < -0.3 is 0 Å². The number of halogens is 1. The molecular weight excluding hydrogens is 340 g/mol. The van der Waals surface area contributed by atoms with Crippen molar-refractivity contribution in [3.8, 4) is 0 Å². The van der Waals surface area contributed by atoms with Crippen LogP contribution in [-0.4, -0.2) is 30.7 Å². The van der Waals surface area contributed by atoms with Gasteiger partial charge in [0.2, 0.25) is 10.0 Å². The molecule has 0 N–H and O–H groups in total. The molecule has 2 aliphatic rings. The molecule has 0 amide bonds. The van der Waals surface area contributed by atoms with E-state index in [0.717, 1.165) is 25.3 Å². The fraction of sp³-hybridized carbons (Fsp3) is 0.600. The second kappa shape index (κ2) is 6.37. The van der Waals surface area contributed by atoms with Gasteiger partial charge in [0.05, 0.1) is 9.82 Å². The third kappa shape index (κ3) is 3.22. The molecule has 0 bridgehead atoms. The Kier molecular flexibility index (Phi) is 4.62. The van der Waals surface area contributed by atoms with Gasteiger partial charge in [0.25, 0.3) is 5.69 Å². The molecule has 1 aliphatic heterocycles. The lowest BCUT2D eigenvalue weighted by atomic mass is 9.76. The Morgan fingerprint density at radius 2 is 1.87 bits per heavy atom. The zero-order valence-corrected chi connectivity index (χ0v) is 14.2. The number of hydrogen-bond donors (Lipinski definition) is 0. The van der Waals surface area contributed by atoms with Crippen LogP contribution in [0.3, 0.4) is 0 Å². The molecular formula is C15H19ClN2O4S. The predicted octanol–water partition coefficient (Wildman–Crippen LogP) is 3.45. The SMILES string of the molecule is O=[N+]([O-])c1cc(S(=O)(=O)N2CC[C@@H]3CCCC[C@@H]3C2)ccc1Cl. The van der Waals surface area contributed by atoms with Crippen molar-refractivity contribution >= 4 is 27.3 Å². The molecule has 0 unspecified atom stereocenters. The predicted molar refractivity (Wildman–Crippen MR) is 86.9 cm³/mol. The van der Waals surface area contributed by atoms with Crippen molar-refractivity contribution in [2.45, 2.75) is 37.0 Å². The largest absolute Gasteiger partial charge is 0.289 e. The maximum atomic E-state index is 12.8. The van der Waals surface area contributed by atoms with Crippen LogP contribution in [0.25, 0.3) is 0 Å². The van der Waals surface area contributed by atoms with Gasteiger partial charge in [-0.2, -0.15) is 4.31 Å². The van der Waals surface area contributed by atoms with E-state index >= 15 is 0 Å². The number of nitro benzene ring substituents is 1. The summed E-state index contributed by atoms with van der Waals surface area (Å²) in [6.45, 7) is 1.00. The smallest absolute Gasteiger partial charge is 0.258 e. The van der Waals surface area contributed by atoms with Crippen LogP contribution in [0, 0.1) is 22.0 Å². The molecule has 126 valence electrons. The Bertz CT molecular complexity index is 722. The molecule has 23 heavy (non-hydrogen) atoms. The van der Waals surface area contributed by atoms with Crippen molar-refractivity contribution in [2.24, 2.45) is 11.8 Å². The normalized spacial score (nSPS) is 25.8. The Hall–Kier alpha value is -1.18. The van der Waals surface area contributed by atoms with Crippen molar-refractivity contribution in [3.05, 3.63) is 33.3 Å². The number of nitro groups is 1. The van der Waals surface area contributed by atoms with Crippen molar-refractivity contribution in [1.82, 2.24) is 4.31 Å². The minimum absolute atomic E-state index is 0.0529. The molecule has 1 heterocycles. The second-order valence-electron chi connectivity index (χ2n) is 6.33. The summed E-state index contributed by atoms with van der Waals surface area (Å²) < 4.78 is 27.1. The van der Waals surface area contributed by atoms with Gasteiger partial charge in [0.15, 0.2) is 0 Å². The van der Waals surface area contributed by atoms with E-state index in [2.05, 4.69) is 0 Å². The molecule has 3 rings (SSSR count). The highest BCUT2D eigenvalue weighted by molar-refractivity contribution is 7.89. The third-order valence-electron chi connectivity index (χ3n) is 5.01. The van der Waals surface area contributed by atoms with Crippen LogP contribution in [0.5, 0.6) is 0 Å². The molecule has 1 aromatic rings. The zero-order chi connectivity index (χ0) is 16.6. The standard InChI is InChI=1S/C15H19ClN2O4S/c16-14-6-5-13(9-15(14)18(19)20)23(21,22)17-8-7-11-3-1-2-4-12(11)10-17/h5-6,9,11-12H,1-4,7-8,10H2/t11-,12+/m0/s1. The lowest BCUT2D eigenvalue weighted by Gasteiger charge is -2.40. The first-order chi connectivity index (χ1) is 10.9. The third-order valence-corrected chi connectivity index (χ3v) is 7.19. The number of piperidine rings is 1. The van der Waals surface area contributed by atoms with Crippen LogP contribution < -0.4 is 0 Å². The number of sulfonamides is 1. The van der Waals surface area contributed by atoms with Crippen LogP contribution in [0.1, 0.15) is 32.1 Å². The van der Waals surface area contributed by atoms with Crippen molar-refractivity contribution < 1.29 is 13.3 Å². The minimum Gasteiger partial charge on any atom is -0.258 e. The fourth-order valence-corrected chi connectivity index (χ4v) is 5.45. The minimum atomic E-state index is -3.72. The molecule has 0 spiro atoms. The summed E-state index contributed by atoms with van der Waals surface area (Å²) in [4.78, 5) is 10.3. The van der Waals surface area contributed by atoms with Crippen LogP contribution in [-0.2, 0) is 10.0 Å². The van der Waals surface area contributed by atoms with Gasteiger partial charge in [0.1, 0.15) is 5.02 Å². The van der Waals surface area contributed by atoms with Gasteiger partial charge in [0, 0.05) is 19.2 Å². The molecule has 0 radical (unpaired) electrons. The number of benzene rings is 1. The van der Waals surface area contributed by atoms with Crippen LogP contribution in [0.2, 0.25) is 5.02 Å². The average Bonchev–Trinajstić information content (AvgIpc) is 2.54. The maximum absolute atomic E-state index is 12.8. The molecule has 1 aliphatic carbocycles. The number of hydrogen-bond acceptors (Lipinski definition) is 4. The highest BCUT2D eigenvalue weighted by Gasteiger charge is 2.37. The van der Waals surface area contributed by atoms with Crippen LogP contribution in [0.4, 0.5) is 5.69 Å². The monoisotopic (exact) mass is 358 g/mol. The van der Waals surface area contributed by atoms with Gasteiger partial charge in [-0.1, -0.05) is 30.9 Å². The summed E-state index contributed by atoms with van der Waals surface area (Å²) in [5.41, 5.74) is -0.375. The zero-order valence-electron chi connectivity index (χ0n) is 12.7.